The largest absolute Gasteiger partial charge is 0.744 e. The summed E-state index contributed by atoms with van der Waals surface area (Å²) in [5.74, 6) is 11.0. The van der Waals surface area contributed by atoms with E-state index in [-0.39, 0.29) is 39.2 Å². The summed E-state index contributed by atoms with van der Waals surface area (Å²) in [5, 5.41) is 25.6. The van der Waals surface area contributed by atoms with Crippen molar-refractivity contribution >= 4 is 59.3 Å². The Morgan fingerprint density at radius 1 is 0.440 bits per heavy atom. The van der Waals surface area contributed by atoms with Crippen LogP contribution in [-0.4, -0.2) is 66.7 Å². The Balaban J connectivity index is 0.000000139. The highest BCUT2D eigenvalue weighted by atomic mass is 32.2. The maximum absolute atomic E-state index is 12.1. The van der Waals surface area contributed by atoms with E-state index in [1.165, 1.54) is 134 Å². The summed E-state index contributed by atoms with van der Waals surface area (Å²) in [7, 11) is -4.32. The van der Waals surface area contributed by atoms with Gasteiger partial charge in [-0.1, -0.05) is 352 Å². The smallest absolute Gasteiger partial charge is 0.316 e. The van der Waals surface area contributed by atoms with E-state index in [0.717, 1.165) is 102 Å². The Kier molecular flexibility index (Phi) is 41.6. The van der Waals surface area contributed by atoms with Crippen LogP contribution in [0.25, 0.3) is 32.3 Å². The average molecular weight is 2050 g/mol. The number of phenols is 2. The lowest BCUT2D eigenvalue weighted by molar-refractivity contribution is -0.208. The van der Waals surface area contributed by atoms with Crippen molar-refractivity contribution in [1.29, 1.82) is 0 Å². The minimum Gasteiger partial charge on any atom is -0.744 e. The highest BCUT2D eigenvalue weighted by Crippen LogP contribution is 2.58. The van der Waals surface area contributed by atoms with Gasteiger partial charge in [0.15, 0.2) is 21.3 Å². The van der Waals surface area contributed by atoms with Crippen molar-refractivity contribution in [2.45, 2.75) is 298 Å². The van der Waals surface area contributed by atoms with Crippen LogP contribution in [-0.2, 0) is 53.0 Å². The summed E-state index contributed by atoms with van der Waals surface area (Å²) in [4.78, 5) is 16.0. The summed E-state index contributed by atoms with van der Waals surface area (Å²) >= 11 is 0. The molecule has 7 aliphatic carbocycles. The highest BCUT2D eigenvalue weighted by Gasteiger charge is 2.52. The minimum absolute atomic E-state index is 0.0146. The molecule has 15 heteroatoms. The number of benzene rings is 15. The Hall–Kier alpha value is -12.3. The monoisotopic (exact) mass is 2050 g/mol. The predicted molar refractivity (Wildman–Crippen MR) is 615 cm³/mol. The normalized spacial score (nSPS) is 19.2. The van der Waals surface area contributed by atoms with Crippen LogP contribution in [0.15, 0.2) is 377 Å². The third-order valence-electron chi connectivity index (χ3n) is 31.7. The van der Waals surface area contributed by atoms with Gasteiger partial charge in [0.1, 0.15) is 51.2 Å². The molecular formula is C135H158O13S2. The Bertz CT molecular complexity index is 6610. The topological polar surface area (TPSA) is 179 Å². The lowest BCUT2D eigenvalue weighted by Crippen LogP contribution is -2.53. The van der Waals surface area contributed by atoms with Crippen LogP contribution in [0.2, 0.25) is 0 Å². The van der Waals surface area contributed by atoms with Crippen LogP contribution in [0, 0.1) is 29.1 Å². The van der Waals surface area contributed by atoms with Crippen molar-refractivity contribution in [3.8, 4) is 34.5 Å². The molecule has 2 N–H and O–H groups in total. The number of phenolic OH excluding ortho intramolecular Hbond substituents is 2. The molecule has 788 valence electrons. The average Bonchev–Trinajstić information content (AvgIpc) is 1.09. The van der Waals surface area contributed by atoms with Gasteiger partial charge < -0.3 is 47.9 Å². The van der Waals surface area contributed by atoms with Gasteiger partial charge in [-0.05, 0) is 350 Å². The zero-order valence-corrected chi connectivity index (χ0v) is 92.4. The summed E-state index contributed by atoms with van der Waals surface area (Å²) < 4.78 is 75.1. The first-order chi connectivity index (χ1) is 72.5. The van der Waals surface area contributed by atoms with Gasteiger partial charge in [-0.2, -0.15) is 0 Å². The molecular weight excluding hydrogens is 1890 g/mol. The quantitative estimate of drug-likeness (QED) is 0.0143. The lowest BCUT2D eigenvalue weighted by Gasteiger charge is -2.56. The molecule has 0 heterocycles. The van der Waals surface area contributed by atoms with E-state index in [1.807, 2.05) is 93.6 Å². The van der Waals surface area contributed by atoms with Gasteiger partial charge in [-0.15, -0.1) is 0 Å². The number of ether oxygens (including phenoxy) is 7. The summed E-state index contributed by atoms with van der Waals surface area (Å²) in [6.07, 6.45) is 18.5. The van der Waals surface area contributed by atoms with Crippen LogP contribution < -0.4 is 18.9 Å². The molecule has 13 nitrogen and oxygen atoms in total. The fraction of sp³-hybridized carbons (Fsp3) is 0.370. The number of para-hydroxylation sites is 1. The number of fused-ring (bicyclic) bond motifs is 3. The molecule has 15 aromatic rings. The van der Waals surface area contributed by atoms with Gasteiger partial charge in [0.2, 0.25) is 12.6 Å². The number of hydrogen-bond donors (Lipinski definition) is 2. The van der Waals surface area contributed by atoms with E-state index < -0.39 is 28.1 Å². The van der Waals surface area contributed by atoms with Crippen LogP contribution in [0.3, 0.4) is 0 Å². The number of aromatic hydroxyl groups is 2. The van der Waals surface area contributed by atoms with Crippen LogP contribution >= 0.6 is 0 Å². The van der Waals surface area contributed by atoms with Gasteiger partial charge in [0, 0.05) is 10.8 Å². The fourth-order valence-corrected chi connectivity index (χ4v) is 23.9. The highest BCUT2D eigenvalue weighted by molar-refractivity contribution is 7.97. The molecule has 7 aliphatic rings. The van der Waals surface area contributed by atoms with Crippen LogP contribution in [0.1, 0.15) is 292 Å². The van der Waals surface area contributed by atoms with Gasteiger partial charge in [-0.3, -0.25) is 4.79 Å². The second kappa shape index (κ2) is 55.1. The SMILES string of the molecule is CC1Cc2ccccc2C1C.CC1c2cccc3cccc(c23)C1C.CCC(C)(C)C(=O)Oc1cccc2c(O)cccc12.CCC(C)c1ccc(O)cc1.CCC(C)c1ccc(OC(COC23CC4CC(CC(C4)C2)C3)OCc2ccccc2)cc1.CCC(C)c1ccc(S(=O)(=O)[O-])cc1.CCC(C)c1ccc2cc(OC(COc3ccccc3)OC3CCCC3)ccc2c1.c1ccc([S+](c2ccccc2)c2ccccc2)cc1. The van der Waals surface area contributed by atoms with Crippen molar-refractivity contribution in [2.75, 3.05) is 13.2 Å². The van der Waals surface area contributed by atoms with E-state index in [0.29, 0.717) is 78.6 Å². The molecule has 15 aromatic carbocycles. The Labute approximate surface area is 897 Å². The van der Waals surface area contributed by atoms with Crippen molar-refractivity contribution < 1.29 is 61.1 Å². The molecule has 0 aromatic heterocycles. The zero-order valence-electron chi connectivity index (χ0n) is 90.8. The van der Waals surface area contributed by atoms with Gasteiger partial charge in [0.05, 0.1) is 39.5 Å². The van der Waals surface area contributed by atoms with E-state index >= 15 is 0 Å². The van der Waals surface area contributed by atoms with Crippen molar-refractivity contribution in [3.05, 3.63) is 408 Å². The molecule has 0 aliphatic heterocycles. The molecule has 10 unspecified atom stereocenters. The van der Waals surface area contributed by atoms with E-state index in [4.69, 9.17) is 38.3 Å². The molecule has 10 atom stereocenters. The summed E-state index contributed by atoms with van der Waals surface area (Å²) in [6, 6.07) is 120. The first-order valence-corrected chi connectivity index (χ1v) is 57.5. The number of esters is 1. The van der Waals surface area contributed by atoms with Crippen molar-refractivity contribution in [3.63, 3.8) is 0 Å². The number of carbonyl (C=O) groups excluding carboxylic acids is 1. The van der Waals surface area contributed by atoms with Gasteiger partial charge in [0.25, 0.3) is 0 Å². The van der Waals surface area contributed by atoms with Crippen molar-refractivity contribution in [2.24, 2.45) is 29.1 Å². The lowest BCUT2D eigenvalue weighted by atomic mass is 9.54. The molecule has 5 fully saturated rings. The molecule has 0 spiro atoms. The van der Waals surface area contributed by atoms with Crippen molar-refractivity contribution in [1.82, 2.24) is 0 Å². The Morgan fingerprint density at radius 3 is 1.41 bits per heavy atom. The van der Waals surface area contributed by atoms with Crippen LogP contribution in [0.4, 0.5) is 0 Å². The zero-order chi connectivity index (χ0) is 106. The van der Waals surface area contributed by atoms with E-state index in [1.54, 1.807) is 65.7 Å². The predicted octanol–water partition coefficient (Wildman–Crippen LogP) is 34.9. The molecule has 0 saturated heterocycles. The van der Waals surface area contributed by atoms with Gasteiger partial charge in [-0.25, -0.2) is 8.42 Å². The molecule has 0 amide bonds. The first-order valence-electron chi connectivity index (χ1n) is 54.8. The summed E-state index contributed by atoms with van der Waals surface area (Å²) in [5.41, 5.74) is 12.0. The minimum atomic E-state index is -4.30. The number of rotatable bonds is 30. The Morgan fingerprint density at radius 2 is 0.887 bits per heavy atom. The van der Waals surface area contributed by atoms with E-state index in [2.05, 4.69) is 301 Å². The second-order valence-corrected chi connectivity index (χ2v) is 46.1. The number of carbonyl (C=O) groups is 1. The summed E-state index contributed by atoms with van der Waals surface area (Å²) in [6.45, 7) is 33.9. The second-order valence-electron chi connectivity index (χ2n) is 42.7. The third kappa shape index (κ3) is 31.5. The van der Waals surface area contributed by atoms with Gasteiger partial charge >= 0.3 is 5.97 Å². The fourth-order valence-electron chi connectivity index (χ4n) is 21.4. The van der Waals surface area contributed by atoms with E-state index in [9.17, 15) is 22.9 Å². The molecule has 22 rings (SSSR count). The molecule has 150 heavy (non-hydrogen) atoms. The standard InChI is InChI=1S/C29H38O3.C27H32O3.C18H15S.C16H18O3.C14H14.C11H14.C10H14O3S.C10H14O/c1-3-21(2)26-9-11-27(12-10-26)32-28(30-19-22-7-5-4-6-8-22)20-31-29-16-23-13-24(17-29)15-25(14-23)18-29;1-3-20(2)21-13-14-23-18-26(16-15-22(23)17-21)30-27(29-25-11-7-8-12-25)19-28-24-9-5-4-6-10-24;1-4-10-16(11-5-1)19(17-12-6-2-7-13-17)18-14-8-3-9-15-18;1-4-16(2,3)15(18)19-14-10-6-7-11-12(14)8-5-9-13(11)17;1-9-10(2)13-8-4-6-11-5-3-7-12(9)14(11)13;1-8-7-10-5-3-4-6-11(10)9(8)2;1-3-8(2)9-4-6-10(7-5-9)14(11,12)13;1-3-8(2)9-4-6-10(11)7-5-9/h4-12,21,23-25,28H,3,13-20H2,1-2H3;4-6,9-10,13-18,20,25,27H,3,7-8,11-12,19H2,1-2H3;1-15H;5-10,17H,4H2,1-3H3;3-10H,1-2H3;3-6,8-9H,7H2,1-2H3;4-8H,3H2,1-2H3,(H,11,12,13);4-8,11H,3H2,1-2H3/q;;+1;;;;;/p-1. The maximum Gasteiger partial charge on any atom is 0.316 e. The molecule has 0 radical (unpaired) electrons. The van der Waals surface area contributed by atoms with Crippen LogP contribution in [0.5, 0.6) is 34.5 Å². The maximum atomic E-state index is 12.1. The molecule has 5 saturated carbocycles. The number of hydrogen-bond acceptors (Lipinski definition) is 13. The first kappa shape index (κ1) is 113. The third-order valence-corrected chi connectivity index (χ3v) is 34.8. The molecule has 4 bridgehead atoms.